The third-order valence-electron chi connectivity index (χ3n) is 4.83. The molecule has 1 saturated carbocycles. The Bertz CT molecular complexity index is 931. The molecule has 0 heterocycles. The normalized spacial score (nSPS) is 20.8. The van der Waals surface area contributed by atoms with Crippen LogP contribution in [0, 0.1) is 5.92 Å². The molecular formula is C23H18F6O. The van der Waals surface area contributed by atoms with E-state index in [1.807, 2.05) is 6.92 Å². The molecule has 2 aromatic rings. The molecule has 0 aromatic heterocycles. The van der Waals surface area contributed by atoms with Gasteiger partial charge in [0.15, 0.2) is 5.78 Å². The summed E-state index contributed by atoms with van der Waals surface area (Å²) in [5.41, 5.74) is -0.445. The van der Waals surface area contributed by atoms with E-state index in [0.717, 1.165) is 24.3 Å². The Hall–Kier alpha value is -2.83. The SMILES string of the molecule is CC1C/C(=C\c2cccc(C(F)(F)F)c2)C(=O)/C(=C/c2cccc(C(F)(F)F)c2)C1. The summed E-state index contributed by atoms with van der Waals surface area (Å²) in [5.74, 6) is -0.334. The molecule has 0 unspecified atom stereocenters. The average molecular weight is 424 g/mol. The number of allylic oxidation sites excluding steroid dienone is 2. The molecule has 1 fully saturated rings. The summed E-state index contributed by atoms with van der Waals surface area (Å²) < 4.78 is 77.6. The molecule has 1 nitrogen and oxygen atoms in total. The Balaban J connectivity index is 1.94. The number of ketones is 1. The Morgan fingerprint density at radius 3 is 1.53 bits per heavy atom. The van der Waals surface area contributed by atoms with Crippen molar-refractivity contribution in [2.45, 2.75) is 32.1 Å². The van der Waals surface area contributed by atoms with Crippen LogP contribution < -0.4 is 0 Å². The topological polar surface area (TPSA) is 17.1 Å². The fraction of sp³-hybridized carbons (Fsp3) is 0.261. The lowest BCUT2D eigenvalue weighted by Crippen LogP contribution is -2.18. The summed E-state index contributed by atoms with van der Waals surface area (Å²) in [6.07, 6.45) is -5.37. The highest BCUT2D eigenvalue weighted by molar-refractivity contribution is 6.14. The molecule has 7 heteroatoms. The lowest BCUT2D eigenvalue weighted by atomic mass is 9.80. The van der Waals surface area contributed by atoms with Crippen LogP contribution in [-0.2, 0) is 17.1 Å². The van der Waals surface area contributed by atoms with Gasteiger partial charge in [0.1, 0.15) is 0 Å². The molecule has 0 aliphatic heterocycles. The Labute approximate surface area is 169 Å². The van der Waals surface area contributed by atoms with Crippen molar-refractivity contribution >= 4 is 17.9 Å². The average Bonchev–Trinajstić information content (AvgIpc) is 2.64. The largest absolute Gasteiger partial charge is 0.416 e. The van der Waals surface area contributed by atoms with Crippen LogP contribution in [0.1, 0.15) is 42.0 Å². The van der Waals surface area contributed by atoms with Crippen LogP contribution in [0.2, 0.25) is 0 Å². The van der Waals surface area contributed by atoms with Gasteiger partial charge in [0, 0.05) is 11.1 Å². The Morgan fingerprint density at radius 1 is 0.767 bits per heavy atom. The van der Waals surface area contributed by atoms with E-state index in [0.29, 0.717) is 24.0 Å². The van der Waals surface area contributed by atoms with Gasteiger partial charge in [0.25, 0.3) is 0 Å². The molecule has 0 saturated heterocycles. The smallest absolute Gasteiger partial charge is 0.289 e. The van der Waals surface area contributed by atoms with Crippen molar-refractivity contribution < 1.29 is 31.1 Å². The van der Waals surface area contributed by atoms with Gasteiger partial charge in [-0.05, 0) is 66.3 Å². The summed E-state index contributed by atoms with van der Waals surface area (Å²) in [5, 5.41) is 0. The van der Waals surface area contributed by atoms with Crippen molar-refractivity contribution in [3.8, 4) is 0 Å². The number of carbonyl (C=O) groups excluding carboxylic acids is 1. The van der Waals surface area contributed by atoms with Crippen LogP contribution in [0.25, 0.3) is 12.2 Å². The van der Waals surface area contributed by atoms with Gasteiger partial charge in [-0.2, -0.15) is 26.3 Å². The van der Waals surface area contributed by atoms with Crippen molar-refractivity contribution in [1.29, 1.82) is 0 Å². The minimum absolute atomic E-state index is 0.0248. The van der Waals surface area contributed by atoms with E-state index in [-0.39, 0.29) is 22.8 Å². The number of Topliss-reactive ketones (excluding diaryl/α,β-unsaturated/α-hetero) is 1. The van der Waals surface area contributed by atoms with Crippen LogP contribution >= 0.6 is 0 Å². The number of alkyl halides is 6. The molecule has 158 valence electrons. The zero-order chi connectivity index (χ0) is 22.1. The fourth-order valence-corrected chi connectivity index (χ4v) is 3.48. The lowest BCUT2D eigenvalue weighted by Gasteiger charge is -2.23. The van der Waals surface area contributed by atoms with E-state index in [1.165, 1.54) is 36.4 Å². The molecule has 0 radical (unpaired) electrons. The molecule has 1 aliphatic carbocycles. The highest BCUT2D eigenvalue weighted by Gasteiger charge is 2.32. The zero-order valence-corrected chi connectivity index (χ0v) is 15.9. The Morgan fingerprint density at radius 2 is 1.17 bits per heavy atom. The van der Waals surface area contributed by atoms with Crippen LogP contribution in [0.3, 0.4) is 0 Å². The number of benzene rings is 2. The maximum Gasteiger partial charge on any atom is 0.416 e. The van der Waals surface area contributed by atoms with Crippen LogP contribution in [0.5, 0.6) is 0 Å². The molecule has 30 heavy (non-hydrogen) atoms. The van der Waals surface area contributed by atoms with E-state index < -0.39 is 23.5 Å². The minimum atomic E-state index is -4.49. The van der Waals surface area contributed by atoms with Gasteiger partial charge < -0.3 is 0 Å². The summed E-state index contributed by atoms with van der Waals surface area (Å²) >= 11 is 0. The van der Waals surface area contributed by atoms with Crippen molar-refractivity contribution in [2.24, 2.45) is 5.92 Å². The number of hydrogen-bond acceptors (Lipinski definition) is 1. The van der Waals surface area contributed by atoms with E-state index in [1.54, 1.807) is 0 Å². The maximum absolute atomic E-state index is 12.9. The van der Waals surface area contributed by atoms with E-state index in [4.69, 9.17) is 0 Å². The number of halogens is 6. The molecule has 0 amide bonds. The second-order valence-electron chi connectivity index (χ2n) is 7.43. The first-order valence-corrected chi connectivity index (χ1v) is 9.24. The lowest BCUT2D eigenvalue weighted by molar-refractivity contribution is -0.138. The minimum Gasteiger partial charge on any atom is -0.289 e. The fourth-order valence-electron chi connectivity index (χ4n) is 3.48. The number of hydrogen-bond donors (Lipinski definition) is 0. The molecule has 0 atom stereocenters. The molecule has 3 rings (SSSR count). The number of rotatable bonds is 2. The molecule has 2 aromatic carbocycles. The monoisotopic (exact) mass is 424 g/mol. The summed E-state index contributed by atoms with van der Waals surface area (Å²) in [6, 6.07) is 9.33. The molecular weight excluding hydrogens is 406 g/mol. The van der Waals surface area contributed by atoms with Gasteiger partial charge in [-0.15, -0.1) is 0 Å². The predicted octanol–water partition coefficient (Wildman–Crippen LogP) is 7.19. The van der Waals surface area contributed by atoms with Crippen molar-refractivity contribution in [1.82, 2.24) is 0 Å². The zero-order valence-electron chi connectivity index (χ0n) is 15.9. The van der Waals surface area contributed by atoms with Crippen molar-refractivity contribution in [3.05, 3.63) is 81.9 Å². The summed E-state index contributed by atoms with van der Waals surface area (Å²) in [4.78, 5) is 12.9. The first-order chi connectivity index (χ1) is 13.9. The highest BCUT2D eigenvalue weighted by Crippen LogP contribution is 2.35. The van der Waals surface area contributed by atoms with Gasteiger partial charge >= 0.3 is 12.4 Å². The summed E-state index contributed by atoms with van der Waals surface area (Å²) in [7, 11) is 0. The van der Waals surface area contributed by atoms with Gasteiger partial charge in [0.05, 0.1) is 11.1 Å². The predicted molar refractivity (Wildman–Crippen MR) is 102 cm³/mol. The second-order valence-corrected chi connectivity index (χ2v) is 7.43. The maximum atomic E-state index is 12.9. The van der Waals surface area contributed by atoms with Gasteiger partial charge in [-0.25, -0.2) is 0 Å². The van der Waals surface area contributed by atoms with Crippen molar-refractivity contribution in [3.63, 3.8) is 0 Å². The quantitative estimate of drug-likeness (QED) is 0.368. The van der Waals surface area contributed by atoms with Crippen LogP contribution in [-0.4, -0.2) is 5.78 Å². The van der Waals surface area contributed by atoms with Crippen LogP contribution in [0.4, 0.5) is 26.3 Å². The Kier molecular flexibility index (Phi) is 5.92. The number of carbonyl (C=O) groups is 1. The first-order valence-electron chi connectivity index (χ1n) is 9.24. The van der Waals surface area contributed by atoms with Gasteiger partial charge in [-0.1, -0.05) is 31.2 Å². The van der Waals surface area contributed by atoms with Crippen molar-refractivity contribution in [2.75, 3.05) is 0 Å². The molecule has 0 N–H and O–H groups in total. The van der Waals surface area contributed by atoms with Crippen LogP contribution in [0.15, 0.2) is 59.7 Å². The highest BCUT2D eigenvalue weighted by atomic mass is 19.4. The first kappa shape index (κ1) is 21.9. The van der Waals surface area contributed by atoms with Gasteiger partial charge in [0.2, 0.25) is 0 Å². The third kappa shape index (κ3) is 5.20. The third-order valence-corrected chi connectivity index (χ3v) is 4.83. The second kappa shape index (κ2) is 8.13. The van der Waals surface area contributed by atoms with E-state index in [2.05, 4.69) is 0 Å². The van der Waals surface area contributed by atoms with E-state index >= 15 is 0 Å². The molecule has 1 aliphatic rings. The summed E-state index contributed by atoms with van der Waals surface area (Å²) in [6.45, 7) is 1.88. The standard InChI is InChI=1S/C23H18F6O/c1-14-8-17(10-15-4-2-6-19(12-15)22(24,25)26)21(30)18(9-14)11-16-5-3-7-20(13-16)23(27,28)29/h2-7,10-14H,8-9H2,1H3/b17-10+,18-11+. The molecule has 0 spiro atoms. The van der Waals surface area contributed by atoms with E-state index in [9.17, 15) is 31.1 Å². The molecule has 0 bridgehead atoms. The van der Waals surface area contributed by atoms with Gasteiger partial charge in [-0.3, -0.25) is 4.79 Å².